The summed E-state index contributed by atoms with van der Waals surface area (Å²) in [5, 5.41) is 35.1. The van der Waals surface area contributed by atoms with Crippen molar-refractivity contribution in [2.24, 2.45) is 0 Å². The van der Waals surface area contributed by atoms with Crippen molar-refractivity contribution in [1.29, 1.82) is 0 Å². The van der Waals surface area contributed by atoms with Crippen LogP contribution in [0.5, 0.6) is 28.7 Å². The molecule has 0 spiro atoms. The Morgan fingerprint density at radius 2 is 0.817 bits per heavy atom. The normalized spacial score (nSPS) is 12.4. The van der Waals surface area contributed by atoms with Gasteiger partial charge in [-0.15, -0.1) is 0 Å². The molecule has 0 saturated heterocycles. The first-order valence-electron chi connectivity index (χ1n) is 38.5. The number of aromatic nitrogens is 4. The summed E-state index contributed by atoms with van der Waals surface area (Å²) < 4.78 is 47.9. The number of nitrogens with one attached hydrogen (secondary N) is 2. The Kier molecular flexibility index (Phi) is 39.3. The van der Waals surface area contributed by atoms with E-state index in [0.717, 1.165) is 106 Å². The van der Waals surface area contributed by atoms with Gasteiger partial charge < -0.3 is 50.9 Å². The average molecular weight is 2040 g/mol. The van der Waals surface area contributed by atoms with Gasteiger partial charge in [0.1, 0.15) is 47.1 Å². The molecule has 0 aliphatic heterocycles. The van der Waals surface area contributed by atoms with E-state index in [1.807, 2.05) is 221 Å². The fourth-order valence-electron chi connectivity index (χ4n) is 11.7. The number of imidazole rings is 2. The Balaban J connectivity index is 0.000000202. The van der Waals surface area contributed by atoms with Gasteiger partial charge in [-0.3, -0.25) is 29.4 Å². The number of nitrogens with two attached hydrogens (primary N) is 2. The first-order valence-corrected chi connectivity index (χ1v) is 48.9. The number of fused-ring (bicyclic) bond motifs is 2. The van der Waals surface area contributed by atoms with E-state index < -0.39 is 40.2 Å². The topological polar surface area (TPSA) is 264 Å². The molecular formula is C92H101Br4Cl2FN10O10Sn. The summed E-state index contributed by atoms with van der Waals surface area (Å²) >= 11 is 12.3. The van der Waals surface area contributed by atoms with Crippen LogP contribution in [0.3, 0.4) is 0 Å². The first kappa shape index (κ1) is 97.7. The number of nitrogens with zero attached hydrogens (tertiary/aromatic N) is 6. The Hall–Kier alpha value is -9.45. The van der Waals surface area contributed by atoms with E-state index in [9.17, 15) is 24.6 Å². The van der Waals surface area contributed by atoms with Crippen LogP contribution in [0.15, 0.2) is 267 Å². The summed E-state index contributed by atoms with van der Waals surface area (Å²) in [5.41, 5.74) is 26.4. The van der Waals surface area contributed by atoms with Gasteiger partial charge in [0.15, 0.2) is 0 Å². The molecule has 11 aromatic carbocycles. The molecule has 7 N–H and O–H groups in total. The van der Waals surface area contributed by atoms with Crippen LogP contribution < -0.4 is 45.8 Å². The zero-order valence-corrected chi connectivity index (χ0v) is 79.9. The Labute approximate surface area is 753 Å². The maximum absolute atomic E-state index is 12.6. The summed E-state index contributed by atoms with van der Waals surface area (Å²) in [6.45, 7) is 28.8. The van der Waals surface area contributed by atoms with Crippen LogP contribution in [0.25, 0.3) is 33.4 Å². The summed E-state index contributed by atoms with van der Waals surface area (Å²) in [7, 11) is 9.87. The monoisotopic (exact) mass is 2030 g/mol. The summed E-state index contributed by atoms with van der Waals surface area (Å²) in [5.74, 6) is 4.67. The van der Waals surface area contributed by atoms with Gasteiger partial charge in [0.25, 0.3) is 5.69 Å². The van der Waals surface area contributed by atoms with E-state index in [-0.39, 0.29) is 48.2 Å². The van der Waals surface area contributed by atoms with Crippen LogP contribution in [0, 0.1) is 26.0 Å². The minimum absolute atomic E-state index is 0.0203. The summed E-state index contributed by atoms with van der Waals surface area (Å²) in [6.07, 6.45) is 5.86. The number of ether oxygens (including phenoxy) is 5. The molecule has 2 radical (unpaired) electrons. The molecule has 632 valence electrons. The predicted octanol–water partition coefficient (Wildman–Crippen LogP) is 27.0. The van der Waals surface area contributed by atoms with Crippen molar-refractivity contribution in [2.75, 3.05) is 28.7 Å². The second-order valence-corrected chi connectivity index (χ2v) is 37.4. The number of hydrogen-bond acceptors (Lipinski definition) is 16. The first-order chi connectivity index (χ1) is 57.0. The third-order valence-corrected chi connectivity index (χ3v) is 19.0. The Bertz CT molecular complexity index is 5360. The maximum atomic E-state index is 12.6. The fraction of sp³-hybridized carbons (Fsp3) is 0.261. The molecule has 0 amide bonds. The SMILES string of the molecule is CC(C)Oc1ccc(-n2cnc3cc(Br)ccc32)cc1.CC(C)Oc1ccc(-n2cnc3cc(C4CC4c4ccc(C(C)(C)C)cc4)ccc32)cc1.CC(C)Oc1ccc(N)cc1.CC(C)Oc1ccc(Nc2ccc(Br)cc2N)cc1.CC(C)Oc1ccc(Nc2ccc(Br)cc2[N+](=O)[O-])cc1.CCO.O=[N+]([O-])c1cc(Br)ccc1F.[Cl][Sn][Cl]. The number of rotatable bonds is 20. The van der Waals surface area contributed by atoms with Crippen LogP contribution in [-0.2, 0) is 5.41 Å². The van der Waals surface area contributed by atoms with Gasteiger partial charge in [0.05, 0.1) is 73.8 Å². The van der Waals surface area contributed by atoms with Crippen molar-refractivity contribution < 1.29 is 43.0 Å². The van der Waals surface area contributed by atoms with Crippen LogP contribution in [0.1, 0.15) is 132 Å². The van der Waals surface area contributed by atoms with Crippen LogP contribution >= 0.6 is 81.6 Å². The third-order valence-electron chi connectivity index (χ3n) is 17.0. The van der Waals surface area contributed by atoms with Crippen molar-refractivity contribution >= 4 is 168 Å². The average Bonchev–Trinajstić information content (AvgIpc) is 1.61. The van der Waals surface area contributed by atoms with Crippen molar-refractivity contribution in [3.8, 4) is 40.1 Å². The zero-order valence-electron chi connectivity index (χ0n) is 69.2. The van der Waals surface area contributed by atoms with Gasteiger partial charge in [0, 0.05) is 65.1 Å². The summed E-state index contributed by atoms with van der Waals surface area (Å²) in [6, 6.07) is 75.2. The van der Waals surface area contributed by atoms with E-state index in [2.05, 4.69) is 170 Å². The number of hydrogen-bond donors (Lipinski definition) is 5. The molecule has 1 fully saturated rings. The number of aliphatic hydroxyl groups excluding tert-OH is 1. The predicted molar refractivity (Wildman–Crippen MR) is 505 cm³/mol. The number of halogens is 7. The molecule has 120 heavy (non-hydrogen) atoms. The number of nitro benzene ring substituents is 2. The van der Waals surface area contributed by atoms with E-state index in [1.165, 1.54) is 35.2 Å². The van der Waals surface area contributed by atoms with Crippen LogP contribution in [0.2, 0.25) is 0 Å². The molecular weight excluding hydrogens is 1930 g/mol. The number of benzene rings is 11. The Morgan fingerprint density at radius 3 is 1.22 bits per heavy atom. The molecule has 1 aliphatic rings. The van der Waals surface area contributed by atoms with Crippen LogP contribution in [-0.4, -0.2) is 90.1 Å². The zero-order chi connectivity index (χ0) is 87.9. The van der Waals surface area contributed by atoms with Gasteiger partial charge in [-0.1, -0.05) is 115 Å². The van der Waals surface area contributed by atoms with Gasteiger partial charge in [-0.05, 0) is 311 Å². The molecule has 2 atom stereocenters. The molecule has 1 aliphatic carbocycles. The number of anilines is 6. The molecule has 28 heteroatoms. The number of nitro groups is 2. The van der Waals surface area contributed by atoms with Gasteiger partial charge in [0.2, 0.25) is 5.82 Å². The second kappa shape index (κ2) is 48.3. The molecule has 2 unspecified atom stereocenters. The van der Waals surface area contributed by atoms with E-state index >= 15 is 0 Å². The molecule has 1 saturated carbocycles. The van der Waals surface area contributed by atoms with E-state index in [0.29, 0.717) is 32.2 Å². The van der Waals surface area contributed by atoms with Gasteiger partial charge in [-0.2, -0.15) is 4.39 Å². The number of nitrogen functional groups attached to an aromatic ring is 2. The van der Waals surface area contributed by atoms with Crippen molar-refractivity contribution in [2.45, 2.75) is 151 Å². The summed E-state index contributed by atoms with van der Waals surface area (Å²) in [4.78, 5) is 29.1. The molecule has 2 aromatic heterocycles. The molecule has 13 aromatic rings. The molecule has 2 heterocycles. The molecule has 0 bridgehead atoms. The third kappa shape index (κ3) is 32.2. The molecule has 20 nitrogen and oxygen atoms in total. The quantitative estimate of drug-likeness (QED) is 0.0205. The number of aliphatic hydroxyl groups is 1. The van der Waals surface area contributed by atoms with Crippen molar-refractivity contribution in [3.63, 3.8) is 0 Å². The molecule has 14 rings (SSSR count). The van der Waals surface area contributed by atoms with E-state index in [4.69, 9.17) is 63.1 Å². The van der Waals surface area contributed by atoms with Gasteiger partial charge in [-0.25, -0.2) is 9.97 Å². The van der Waals surface area contributed by atoms with Gasteiger partial charge >= 0.3 is 42.4 Å². The van der Waals surface area contributed by atoms with Crippen molar-refractivity contribution in [1.82, 2.24) is 19.1 Å². The fourth-order valence-corrected chi connectivity index (χ4v) is 13.1. The van der Waals surface area contributed by atoms with Crippen LogP contribution in [0.4, 0.5) is 49.9 Å². The van der Waals surface area contributed by atoms with Crippen molar-refractivity contribution in [3.05, 3.63) is 310 Å². The Morgan fingerprint density at radius 1 is 0.483 bits per heavy atom. The second-order valence-electron chi connectivity index (χ2n) is 29.5. The van der Waals surface area contributed by atoms with E-state index in [1.54, 1.807) is 19.1 Å². The minimum atomic E-state index is -0.826. The standard InChI is InChI=1S/C29H32N2O.C16H15BrN2O.C15H15BrN2O3.C15H17BrN2O.C9H13NO.C6H3BrFNO2.C2H6O.2ClH.Sn/c1-19(2)32-24-13-11-23(12-14-24)31-18-30-27-16-21(8-15-28(27)31)26-17-25(26)20-6-9-22(10-7-20)29(3,4)5;1-11(2)20-14-6-4-13(5-7-14)19-10-18-15-9-12(17)3-8-16(15)19;1-10(2)21-13-6-4-12(5-7-13)17-14-8-3-11(16)9-15(14)18(19)20;1-10(2)19-13-6-4-12(5-7-13)18-15-8-3-11(16)9-14(15)17;1-7(2)11-9-5-3-8(10)4-6-9;7-4-1-2-5(8)6(3-4)9(10)11;1-2-3;;;/h6-16,18-19,25-26H,17H2,1-5H3;3-11H,1-2H3;3-10,17H,1-2H3;3-10,18H,17H2,1-2H3;3-7H,10H2,1-2H3;1-3H;3H,2H2,1H3;2*1H;/q;;;;;;;;;+2/p-2.